The van der Waals surface area contributed by atoms with E-state index in [0.29, 0.717) is 10.9 Å². The summed E-state index contributed by atoms with van der Waals surface area (Å²) in [6.45, 7) is 0. The zero-order valence-electron chi connectivity index (χ0n) is 12.5. The van der Waals surface area contributed by atoms with Gasteiger partial charge in [0.2, 0.25) is 5.69 Å². The Morgan fingerprint density at radius 3 is 2.33 bits per heavy atom. The van der Waals surface area contributed by atoms with Gasteiger partial charge in [0.25, 0.3) is 5.69 Å². The van der Waals surface area contributed by atoms with E-state index in [9.17, 15) is 10.1 Å². The minimum Gasteiger partial charge on any atom is -1.00 e. The maximum Gasteiger partial charge on any atom is 0.285 e. The Hall–Kier alpha value is -3.05. The molecule has 0 N–H and O–H groups in total. The monoisotopic (exact) mass is 337 g/mol. The van der Waals surface area contributed by atoms with Gasteiger partial charge in [0.15, 0.2) is 17.8 Å². The summed E-state index contributed by atoms with van der Waals surface area (Å²) < 4.78 is 1.90. The summed E-state index contributed by atoms with van der Waals surface area (Å²) in [7, 11) is 0. The van der Waals surface area contributed by atoms with Gasteiger partial charge in [0, 0.05) is 18.2 Å². The molecule has 24 heavy (non-hydrogen) atoms. The van der Waals surface area contributed by atoms with Gasteiger partial charge in [0.05, 0.1) is 21.3 Å². The maximum atomic E-state index is 11.5. The van der Waals surface area contributed by atoms with E-state index in [1.807, 2.05) is 65.5 Å². The molecule has 0 aliphatic rings. The molecule has 0 atom stereocenters. The lowest BCUT2D eigenvalue weighted by atomic mass is 10.1. The van der Waals surface area contributed by atoms with E-state index in [1.54, 1.807) is 6.07 Å². The van der Waals surface area contributed by atoms with Crippen LogP contribution in [0.3, 0.4) is 0 Å². The Bertz CT molecular complexity index is 1050. The van der Waals surface area contributed by atoms with Crippen LogP contribution >= 0.6 is 0 Å². The minimum atomic E-state index is -0.355. The van der Waals surface area contributed by atoms with Gasteiger partial charge < -0.3 is 12.4 Å². The number of para-hydroxylation sites is 1. The molecule has 2 aromatic carbocycles. The van der Waals surface area contributed by atoms with Crippen molar-refractivity contribution in [3.05, 3.63) is 83.2 Å². The van der Waals surface area contributed by atoms with Crippen molar-refractivity contribution < 1.29 is 21.9 Å². The van der Waals surface area contributed by atoms with Crippen molar-refractivity contribution >= 4 is 27.5 Å². The van der Waals surface area contributed by atoms with E-state index in [1.165, 1.54) is 6.07 Å². The first-order valence-electron chi connectivity index (χ1n) is 7.18. The van der Waals surface area contributed by atoms with Gasteiger partial charge in [-0.3, -0.25) is 10.1 Å². The van der Waals surface area contributed by atoms with Gasteiger partial charge in [-0.15, -0.1) is 0 Å². The zero-order chi connectivity index (χ0) is 15.8. The van der Waals surface area contributed by atoms with Crippen molar-refractivity contribution in [2.24, 2.45) is 0 Å². The number of fused-ring (bicyclic) bond motifs is 2. The quantitative estimate of drug-likeness (QED) is 0.233. The van der Waals surface area contributed by atoms with Crippen molar-refractivity contribution in [2.75, 3.05) is 0 Å². The number of aromatic nitrogens is 2. The second-order valence-electron chi connectivity index (χ2n) is 5.19. The van der Waals surface area contributed by atoms with E-state index in [4.69, 9.17) is 0 Å². The SMILES string of the molecule is O=[N+]([O-])c1cccc2nc3ccccc3c(-[n+]3ccccc3)c12.[Cl-]. The topological polar surface area (TPSA) is 59.9 Å². The normalized spacial score (nSPS) is 10.5. The van der Waals surface area contributed by atoms with Crippen LogP contribution in [0.2, 0.25) is 0 Å². The van der Waals surface area contributed by atoms with Gasteiger partial charge in [-0.25, -0.2) is 4.98 Å². The molecule has 0 saturated carbocycles. The van der Waals surface area contributed by atoms with Gasteiger partial charge >= 0.3 is 0 Å². The molecule has 0 spiro atoms. The Balaban J connectivity index is 0.00000169. The number of nitro benzene ring substituents is 1. The van der Waals surface area contributed by atoms with Crippen LogP contribution in [0.1, 0.15) is 0 Å². The second-order valence-corrected chi connectivity index (χ2v) is 5.19. The largest absolute Gasteiger partial charge is 1.00 e. The lowest BCUT2D eigenvalue weighted by molar-refractivity contribution is -0.592. The van der Waals surface area contributed by atoms with Crippen LogP contribution in [0.25, 0.3) is 27.5 Å². The van der Waals surface area contributed by atoms with E-state index >= 15 is 0 Å². The zero-order valence-corrected chi connectivity index (χ0v) is 13.2. The molecule has 0 unspecified atom stereocenters. The molecule has 0 aliphatic carbocycles. The molecule has 5 nitrogen and oxygen atoms in total. The lowest BCUT2D eigenvalue weighted by Gasteiger charge is -2.06. The van der Waals surface area contributed by atoms with Crippen LogP contribution in [-0.4, -0.2) is 9.91 Å². The molecule has 6 heteroatoms. The van der Waals surface area contributed by atoms with Crippen molar-refractivity contribution in [2.45, 2.75) is 0 Å². The van der Waals surface area contributed by atoms with E-state index in [2.05, 4.69) is 4.98 Å². The third-order valence-electron chi connectivity index (χ3n) is 3.83. The van der Waals surface area contributed by atoms with Gasteiger partial charge in [-0.05, 0) is 18.2 Å². The van der Waals surface area contributed by atoms with E-state index < -0.39 is 0 Å². The van der Waals surface area contributed by atoms with E-state index in [-0.39, 0.29) is 23.0 Å². The molecular weight excluding hydrogens is 326 g/mol. The van der Waals surface area contributed by atoms with E-state index in [0.717, 1.165) is 16.6 Å². The first-order valence-corrected chi connectivity index (χ1v) is 7.18. The third-order valence-corrected chi connectivity index (χ3v) is 3.83. The van der Waals surface area contributed by atoms with Crippen molar-refractivity contribution in [1.82, 2.24) is 4.98 Å². The Kier molecular flexibility index (Phi) is 4.10. The Labute approximate surface area is 143 Å². The van der Waals surface area contributed by atoms with Gasteiger partial charge in [0.1, 0.15) is 0 Å². The average molecular weight is 338 g/mol. The predicted octanol–water partition coefficient (Wildman–Crippen LogP) is 0.577. The fraction of sp³-hybridized carbons (Fsp3) is 0. The summed E-state index contributed by atoms with van der Waals surface area (Å²) >= 11 is 0. The fourth-order valence-electron chi connectivity index (χ4n) is 2.87. The molecule has 0 saturated heterocycles. The number of benzene rings is 2. The summed E-state index contributed by atoms with van der Waals surface area (Å²) in [6, 6.07) is 18.4. The summed E-state index contributed by atoms with van der Waals surface area (Å²) in [6.07, 6.45) is 3.77. The molecule has 0 bridgehead atoms. The predicted molar refractivity (Wildman–Crippen MR) is 87.4 cm³/mol. The highest BCUT2D eigenvalue weighted by molar-refractivity contribution is 6.05. The first kappa shape index (κ1) is 15.8. The molecule has 0 radical (unpaired) electrons. The molecule has 0 amide bonds. The number of hydrogen-bond acceptors (Lipinski definition) is 3. The number of hydrogen-bond donors (Lipinski definition) is 0. The summed E-state index contributed by atoms with van der Waals surface area (Å²) in [5.74, 6) is 0. The summed E-state index contributed by atoms with van der Waals surface area (Å²) in [5, 5.41) is 12.9. The Morgan fingerprint density at radius 2 is 1.58 bits per heavy atom. The van der Waals surface area contributed by atoms with Crippen molar-refractivity contribution in [3.8, 4) is 5.69 Å². The van der Waals surface area contributed by atoms with Crippen molar-refractivity contribution in [1.29, 1.82) is 0 Å². The first-order chi connectivity index (χ1) is 11.3. The molecule has 2 aromatic heterocycles. The summed E-state index contributed by atoms with van der Waals surface area (Å²) in [4.78, 5) is 15.7. The van der Waals surface area contributed by atoms with Crippen LogP contribution in [0.4, 0.5) is 5.69 Å². The van der Waals surface area contributed by atoms with Crippen LogP contribution in [-0.2, 0) is 0 Å². The van der Waals surface area contributed by atoms with Crippen LogP contribution in [0.15, 0.2) is 73.1 Å². The number of nitro groups is 1. The highest BCUT2D eigenvalue weighted by Gasteiger charge is 2.24. The molecule has 0 fully saturated rings. The highest BCUT2D eigenvalue weighted by atomic mass is 35.5. The van der Waals surface area contributed by atoms with Gasteiger partial charge in [-0.2, -0.15) is 4.57 Å². The van der Waals surface area contributed by atoms with Crippen LogP contribution in [0, 0.1) is 10.1 Å². The van der Waals surface area contributed by atoms with Crippen LogP contribution < -0.4 is 17.0 Å². The number of pyridine rings is 2. The van der Waals surface area contributed by atoms with Crippen LogP contribution in [0.5, 0.6) is 0 Å². The average Bonchev–Trinajstić information content (AvgIpc) is 2.59. The molecule has 0 aliphatic heterocycles. The minimum absolute atomic E-state index is 0. The third kappa shape index (κ3) is 2.45. The smallest absolute Gasteiger partial charge is 0.285 e. The van der Waals surface area contributed by atoms with Gasteiger partial charge in [-0.1, -0.05) is 24.3 Å². The number of halogens is 1. The number of non-ortho nitro benzene ring substituents is 1. The molecule has 2 heterocycles. The fourth-order valence-corrected chi connectivity index (χ4v) is 2.87. The standard InChI is InChI=1S/C18H12N3O2.ClH/c22-21(23)16-10-6-9-15-17(16)18(20-11-4-1-5-12-20)13-7-2-3-8-14(13)19-15;/h1-12H;1H/q+1;/p-1. The number of nitrogens with zero attached hydrogens (tertiary/aromatic N) is 3. The summed E-state index contributed by atoms with van der Waals surface area (Å²) in [5.41, 5.74) is 2.27. The molecule has 118 valence electrons. The Morgan fingerprint density at radius 1 is 0.875 bits per heavy atom. The highest BCUT2D eigenvalue weighted by Crippen LogP contribution is 2.32. The molecular formula is C18H12ClN3O2. The maximum absolute atomic E-state index is 11.5. The second kappa shape index (κ2) is 6.22. The van der Waals surface area contributed by atoms with Crippen molar-refractivity contribution in [3.63, 3.8) is 0 Å². The number of rotatable bonds is 2. The molecule has 4 rings (SSSR count). The molecule has 4 aromatic rings. The lowest BCUT2D eigenvalue weighted by Crippen LogP contribution is -3.00.